The van der Waals surface area contributed by atoms with Gasteiger partial charge < -0.3 is 4.74 Å². The average molecular weight is 195 g/mol. The number of rotatable bonds is 0. The van der Waals surface area contributed by atoms with Crippen LogP contribution in [0.3, 0.4) is 0 Å². The summed E-state index contributed by atoms with van der Waals surface area (Å²) in [5.41, 5.74) is 0. The highest BCUT2D eigenvalue weighted by Crippen LogP contribution is 2.02. The van der Waals surface area contributed by atoms with Gasteiger partial charge in [0.05, 0.1) is 12.4 Å². The summed E-state index contributed by atoms with van der Waals surface area (Å²) in [4.78, 5) is 0. The van der Waals surface area contributed by atoms with Crippen molar-refractivity contribution in [1.82, 2.24) is 0 Å². The molecule has 0 aromatic carbocycles. The van der Waals surface area contributed by atoms with Crippen LogP contribution in [0.15, 0.2) is 38.2 Å². The summed E-state index contributed by atoms with van der Waals surface area (Å²) in [6, 6.07) is 0. The lowest BCUT2D eigenvalue weighted by Gasteiger charge is -2.08. The van der Waals surface area contributed by atoms with E-state index in [1.54, 1.807) is 6.08 Å². The lowest BCUT2D eigenvalue weighted by molar-refractivity contribution is 0.0968. The molecule has 1 fully saturated rings. The van der Waals surface area contributed by atoms with Gasteiger partial charge in [0.25, 0.3) is 0 Å². The molecule has 76 valence electrons. The quantitative estimate of drug-likeness (QED) is 0.585. The molecule has 1 saturated heterocycles. The molecule has 2 heterocycles. The summed E-state index contributed by atoms with van der Waals surface area (Å²) < 4.78 is 5.07. The standard InChI is InChI=1S/C5H10O.C3H3N5/c1-2-4-6-5-3-1;1-2-4-6-8-7-5-3-1/h1-5H2;1-3H/b;2-1-,3-1?,4-2?,5-3-,6-4-,7-5?,8-6?,8-7-. The molecule has 14 heavy (non-hydrogen) atoms. The normalized spacial score (nSPS) is 28.6. The number of nitrogens with zero attached hydrogens (tertiary/aromatic N) is 5. The fourth-order valence-electron chi connectivity index (χ4n) is 0.926. The van der Waals surface area contributed by atoms with Crippen LogP contribution in [0, 0.1) is 0 Å². The molecular weight excluding hydrogens is 182 g/mol. The lowest BCUT2D eigenvalue weighted by atomic mass is 10.2. The van der Waals surface area contributed by atoms with Gasteiger partial charge in [0, 0.05) is 13.2 Å². The Labute approximate surface area is 82.4 Å². The van der Waals surface area contributed by atoms with Crippen LogP contribution in [0.2, 0.25) is 0 Å². The fraction of sp³-hybridized carbons (Fsp3) is 0.625. The van der Waals surface area contributed by atoms with Gasteiger partial charge in [-0.1, -0.05) is 0 Å². The minimum atomic E-state index is 1.00. The van der Waals surface area contributed by atoms with Crippen LogP contribution in [0.1, 0.15) is 19.3 Å². The highest BCUT2D eigenvalue weighted by molar-refractivity contribution is 5.70. The maximum Gasteiger partial charge on any atom is 0.0530 e. The molecule has 0 N–H and O–H groups in total. The second-order valence-electron chi connectivity index (χ2n) is 2.66. The molecule has 0 unspecified atom stereocenters. The van der Waals surface area contributed by atoms with Crippen molar-refractivity contribution < 1.29 is 4.74 Å². The Balaban J connectivity index is 0.000000146. The Morgan fingerprint density at radius 2 is 1.79 bits per heavy atom. The van der Waals surface area contributed by atoms with E-state index in [-0.39, 0.29) is 0 Å². The van der Waals surface area contributed by atoms with Crippen LogP contribution >= 0.6 is 0 Å². The van der Waals surface area contributed by atoms with E-state index in [0.29, 0.717) is 0 Å². The largest absolute Gasteiger partial charge is 0.381 e. The van der Waals surface area contributed by atoms with E-state index in [4.69, 9.17) is 4.74 Å². The Bertz CT molecular complexity index is 175. The summed E-state index contributed by atoms with van der Waals surface area (Å²) in [7, 11) is 0. The van der Waals surface area contributed by atoms with E-state index in [1.807, 2.05) is 0 Å². The molecule has 6 heteroatoms. The zero-order valence-electron chi connectivity index (χ0n) is 7.91. The molecule has 2 rings (SSSR count). The summed E-state index contributed by atoms with van der Waals surface area (Å²) in [6.07, 6.45) is 8.49. The van der Waals surface area contributed by atoms with E-state index in [9.17, 15) is 0 Å². The Morgan fingerprint density at radius 1 is 0.929 bits per heavy atom. The summed E-state index contributed by atoms with van der Waals surface area (Å²) in [5, 5.41) is 16.4. The van der Waals surface area contributed by atoms with Gasteiger partial charge in [0.15, 0.2) is 0 Å². The smallest absolute Gasteiger partial charge is 0.0530 e. The van der Waals surface area contributed by atoms with E-state index >= 15 is 0 Å². The summed E-state index contributed by atoms with van der Waals surface area (Å²) in [6.45, 7) is 2.00. The van der Waals surface area contributed by atoms with Gasteiger partial charge in [-0.15, -0.1) is 10.2 Å². The predicted octanol–water partition coefficient (Wildman–Crippen LogP) is 2.51. The molecule has 0 amide bonds. The highest BCUT2D eigenvalue weighted by atomic mass is 16.5. The molecule has 2 aliphatic rings. The van der Waals surface area contributed by atoms with Gasteiger partial charge in [-0.25, -0.2) is 0 Å². The van der Waals surface area contributed by atoms with Crippen LogP contribution in [0.4, 0.5) is 0 Å². The molecule has 0 saturated carbocycles. The van der Waals surface area contributed by atoms with E-state index < -0.39 is 0 Å². The molecule has 2 aliphatic heterocycles. The molecule has 0 aliphatic carbocycles. The summed E-state index contributed by atoms with van der Waals surface area (Å²) in [5.74, 6) is 0. The molecule has 6 nitrogen and oxygen atoms in total. The number of allylic oxidation sites excluding steroid dienone is 1. The first-order chi connectivity index (χ1) is 7.00. The van der Waals surface area contributed by atoms with Gasteiger partial charge in [-0.05, 0) is 41.0 Å². The molecule has 0 spiro atoms. The third-order valence-electron chi connectivity index (χ3n) is 1.57. The van der Waals surface area contributed by atoms with Crippen molar-refractivity contribution in [1.29, 1.82) is 0 Å². The first kappa shape index (κ1) is 10.6. The lowest BCUT2D eigenvalue weighted by Crippen LogP contribution is -2.03. The van der Waals surface area contributed by atoms with Crippen molar-refractivity contribution in [2.75, 3.05) is 13.2 Å². The van der Waals surface area contributed by atoms with Crippen LogP contribution in [-0.2, 0) is 4.74 Å². The molecule has 0 aromatic heterocycles. The SMILES string of the molecule is C1=C\N=N/N=N\N=C/1.C1CCOCC1. The first-order valence-electron chi connectivity index (χ1n) is 4.56. The van der Waals surface area contributed by atoms with Crippen molar-refractivity contribution in [3.05, 3.63) is 12.3 Å². The number of hydrogen-bond acceptors (Lipinski definition) is 6. The van der Waals surface area contributed by atoms with Gasteiger partial charge in [-0.2, -0.15) is 0 Å². The average Bonchev–Trinajstić information content (AvgIpc) is 2.20. The predicted molar refractivity (Wildman–Crippen MR) is 52.0 cm³/mol. The third-order valence-corrected chi connectivity index (χ3v) is 1.57. The maximum atomic E-state index is 5.07. The van der Waals surface area contributed by atoms with Crippen LogP contribution in [0.25, 0.3) is 0 Å². The maximum absolute atomic E-state index is 5.07. The minimum absolute atomic E-state index is 1.00. The molecule has 0 bridgehead atoms. The fourth-order valence-corrected chi connectivity index (χ4v) is 0.926. The molecule has 0 aromatic rings. The second kappa shape index (κ2) is 8.18. The van der Waals surface area contributed by atoms with Crippen LogP contribution in [0.5, 0.6) is 0 Å². The van der Waals surface area contributed by atoms with Crippen molar-refractivity contribution in [2.45, 2.75) is 19.3 Å². The highest BCUT2D eigenvalue weighted by Gasteiger charge is 1.95. The minimum Gasteiger partial charge on any atom is -0.381 e. The molecular formula is C8H13N5O. The van der Waals surface area contributed by atoms with E-state index in [2.05, 4.69) is 25.9 Å². The zero-order chi connectivity index (χ0) is 9.90. The van der Waals surface area contributed by atoms with Crippen molar-refractivity contribution >= 4 is 6.21 Å². The second-order valence-corrected chi connectivity index (χ2v) is 2.66. The Kier molecular flexibility index (Phi) is 6.22. The first-order valence-corrected chi connectivity index (χ1v) is 4.56. The van der Waals surface area contributed by atoms with E-state index in [0.717, 1.165) is 13.2 Å². The van der Waals surface area contributed by atoms with Gasteiger partial charge >= 0.3 is 0 Å². The Morgan fingerprint density at radius 3 is 2.43 bits per heavy atom. The zero-order valence-corrected chi connectivity index (χ0v) is 7.91. The van der Waals surface area contributed by atoms with Crippen LogP contribution < -0.4 is 0 Å². The van der Waals surface area contributed by atoms with Gasteiger partial charge in [0.2, 0.25) is 0 Å². The van der Waals surface area contributed by atoms with Crippen molar-refractivity contribution in [3.63, 3.8) is 0 Å². The van der Waals surface area contributed by atoms with Gasteiger partial charge in [-0.3, -0.25) is 0 Å². The van der Waals surface area contributed by atoms with Crippen molar-refractivity contribution in [2.24, 2.45) is 25.9 Å². The third kappa shape index (κ3) is 6.13. The Hall–Kier alpha value is -1.43. The topological polar surface area (TPSA) is 71.0 Å². The van der Waals surface area contributed by atoms with Crippen molar-refractivity contribution in [3.8, 4) is 0 Å². The molecule has 0 radical (unpaired) electrons. The molecule has 0 atom stereocenters. The van der Waals surface area contributed by atoms with Crippen LogP contribution in [-0.4, -0.2) is 19.4 Å². The number of ether oxygens (including phenoxy) is 1. The van der Waals surface area contributed by atoms with E-state index in [1.165, 1.54) is 31.7 Å². The monoisotopic (exact) mass is 195 g/mol. The van der Waals surface area contributed by atoms with Gasteiger partial charge in [0.1, 0.15) is 0 Å². The summed E-state index contributed by atoms with van der Waals surface area (Å²) >= 11 is 0. The number of hydrogen-bond donors (Lipinski definition) is 0.